The summed E-state index contributed by atoms with van der Waals surface area (Å²) in [6, 6.07) is 10.8. The minimum Gasteiger partial charge on any atom is -0.375 e. The summed E-state index contributed by atoms with van der Waals surface area (Å²) in [5.74, 6) is 7.59. The highest BCUT2D eigenvalue weighted by Crippen LogP contribution is 2.55. The standard InChI is InChI=1S/C27H25F2N5O/c1-17-31-32-25-30-24(23-20(28)7-5-9-22(23)34(17)25)33-14-15-35-16-19-18(6-4-8-21(19)33)10-11-27(12-13-27)26(2,3)29/h4-9H,12-16H2,1-3H3. The minimum atomic E-state index is -1.36. The number of hydrogen-bond donors (Lipinski definition) is 0. The van der Waals surface area contributed by atoms with Crippen molar-refractivity contribution in [2.45, 2.75) is 45.9 Å². The summed E-state index contributed by atoms with van der Waals surface area (Å²) < 4.78 is 37.7. The molecule has 2 aromatic carbocycles. The zero-order valence-electron chi connectivity index (χ0n) is 19.9. The molecule has 3 heterocycles. The molecule has 35 heavy (non-hydrogen) atoms. The third kappa shape index (κ3) is 3.45. The van der Waals surface area contributed by atoms with Crippen LogP contribution in [0.1, 0.15) is 43.6 Å². The van der Waals surface area contributed by atoms with E-state index >= 15 is 4.39 Å². The summed E-state index contributed by atoms with van der Waals surface area (Å²) >= 11 is 0. The van der Waals surface area contributed by atoms with Crippen LogP contribution in [0.3, 0.4) is 0 Å². The third-order valence-electron chi connectivity index (χ3n) is 7.20. The van der Waals surface area contributed by atoms with Crippen molar-refractivity contribution in [3.05, 3.63) is 59.2 Å². The molecule has 4 aromatic rings. The van der Waals surface area contributed by atoms with Crippen LogP contribution in [0, 0.1) is 30.0 Å². The quantitative estimate of drug-likeness (QED) is 0.371. The number of benzene rings is 2. The normalized spacial score (nSPS) is 17.1. The highest BCUT2D eigenvalue weighted by molar-refractivity contribution is 5.94. The van der Waals surface area contributed by atoms with E-state index in [-0.39, 0.29) is 5.82 Å². The number of nitrogens with zero attached hydrogens (tertiary/aromatic N) is 5. The molecule has 0 amide bonds. The first-order chi connectivity index (χ1) is 16.8. The highest BCUT2D eigenvalue weighted by Gasteiger charge is 2.54. The Labute approximate surface area is 201 Å². The number of hydrogen-bond acceptors (Lipinski definition) is 5. The molecule has 6 rings (SSSR count). The molecule has 2 aromatic heterocycles. The third-order valence-corrected chi connectivity index (χ3v) is 7.20. The van der Waals surface area contributed by atoms with Gasteiger partial charge in [0.1, 0.15) is 23.1 Å². The van der Waals surface area contributed by atoms with Crippen LogP contribution in [0.4, 0.5) is 20.3 Å². The van der Waals surface area contributed by atoms with Crippen LogP contribution in [0.25, 0.3) is 16.7 Å². The van der Waals surface area contributed by atoms with Gasteiger partial charge in [-0.1, -0.05) is 24.0 Å². The topological polar surface area (TPSA) is 55.5 Å². The van der Waals surface area contributed by atoms with Gasteiger partial charge in [0.25, 0.3) is 5.78 Å². The Bertz CT molecular complexity index is 1540. The lowest BCUT2D eigenvalue weighted by Gasteiger charge is -2.25. The van der Waals surface area contributed by atoms with Crippen molar-refractivity contribution in [3.63, 3.8) is 0 Å². The molecule has 2 aliphatic rings. The summed E-state index contributed by atoms with van der Waals surface area (Å²) in [5, 5.41) is 8.74. The maximum atomic E-state index is 15.3. The predicted molar refractivity (Wildman–Crippen MR) is 130 cm³/mol. The monoisotopic (exact) mass is 473 g/mol. The molecule has 0 atom stereocenters. The number of alkyl halides is 1. The Morgan fingerprint density at radius 3 is 2.69 bits per heavy atom. The first kappa shape index (κ1) is 21.9. The molecule has 0 N–H and O–H groups in total. The van der Waals surface area contributed by atoms with Gasteiger partial charge < -0.3 is 9.64 Å². The highest BCUT2D eigenvalue weighted by atomic mass is 19.1. The molecule has 1 aliphatic heterocycles. The molecule has 1 aliphatic carbocycles. The molecule has 0 bridgehead atoms. The molecular formula is C27H25F2N5O. The number of aryl methyl sites for hydroxylation is 1. The summed E-state index contributed by atoms with van der Waals surface area (Å²) in [5.41, 5.74) is 1.20. The van der Waals surface area contributed by atoms with Crippen molar-refractivity contribution in [1.29, 1.82) is 0 Å². The van der Waals surface area contributed by atoms with Crippen molar-refractivity contribution in [3.8, 4) is 11.8 Å². The molecule has 178 valence electrons. The largest absolute Gasteiger partial charge is 0.375 e. The maximum absolute atomic E-state index is 15.3. The Balaban J connectivity index is 1.54. The van der Waals surface area contributed by atoms with Gasteiger partial charge in [0.2, 0.25) is 0 Å². The van der Waals surface area contributed by atoms with Crippen LogP contribution in [-0.4, -0.2) is 38.4 Å². The van der Waals surface area contributed by atoms with Crippen molar-refractivity contribution in [1.82, 2.24) is 19.6 Å². The van der Waals surface area contributed by atoms with E-state index in [0.717, 1.165) is 29.7 Å². The fraction of sp³-hybridized carbons (Fsp3) is 0.370. The average Bonchev–Trinajstić information content (AvgIpc) is 3.58. The van der Waals surface area contributed by atoms with E-state index in [9.17, 15) is 4.39 Å². The number of fused-ring (bicyclic) bond motifs is 4. The van der Waals surface area contributed by atoms with Gasteiger partial charge in [-0.3, -0.25) is 4.40 Å². The van der Waals surface area contributed by atoms with Gasteiger partial charge >= 0.3 is 0 Å². The van der Waals surface area contributed by atoms with E-state index in [1.165, 1.54) is 6.07 Å². The molecule has 1 fully saturated rings. The Hall–Kier alpha value is -3.57. The summed E-state index contributed by atoms with van der Waals surface area (Å²) in [7, 11) is 0. The summed E-state index contributed by atoms with van der Waals surface area (Å²) in [6.07, 6.45) is 1.52. The molecule has 0 saturated heterocycles. The van der Waals surface area contributed by atoms with Crippen LogP contribution in [0.2, 0.25) is 0 Å². The Kier molecular flexibility index (Phi) is 4.84. The van der Waals surface area contributed by atoms with Gasteiger partial charge in [0.05, 0.1) is 29.5 Å². The molecule has 0 unspecified atom stereocenters. The molecule has 0 spiro atoms. The average molecular weight is 474 g/mol. The van der Waals surface area contributed by atoms with Crippen molar-refractivity contribution in [2.75, 3.05) is 18.1 Å². The minimum absolute atomic E-state index is 0.357. The maximum Gasteiger partial charge on any atom is 0.257 e. The number of ether oxygens (including phenoxy) is 1. The molecule has 1 saturated carbocycles. The Morgan fingerprint density at radius 2 is 1.91 bits per heavy atom. The van der Waals surface area contributed by atoms with Gasteiger partial charge in [-0.2, -0.15) is 4.98 Å². The number of anilines is 2. The summed E-state index contributed by atoms with van der Waals surface area (Å²) in [4.78, 5) is 6.71. The second kappa shape index (κ2) is 7.72. The predicted octanol–water partition coefficient (Wildman–Crippen LogP) is 5.27. The lowest BCUT2D eigenvalue weighted by molar-refractivity contribution is 0.133. The first-order valence-electron chi connectivity index (χ1n) is 11.8. The zero-order chi connectivity index (χ0) is 24.4. The second-order valence-electron chi connectivity index (χ2n) is 9.76. The van der Waals surface area contributed by atoms with Gasteiger partial charge in [0.15, 0.2) is 0 Å². The molecule has 6 nitrogen and oxygen atoms in total. The van der Waals surface area contributed by atoms with Crippen LogP contribution in [0.5, 0.6) is 0 Å². The molecule has 0 radical (unpaired) electrons. The summed E-state index contributed by atoms with van der Waals surface area (Å²) in [6.45, 7) is 6.27. The van der Waals surface area contributed by atoms with Gasteiger partial charge in [0, 0.05) is 23.4 Å². The lowest BCUT2D eigenvalue weighted by Crippen LogP contribution is -2.26. The fourth-order valence-corrected chi connectivity index (χ4v) is 4.92. The fourth-order valence-electron chi connectivity index (χ4n) is 4.92. The Morgan fingerprint density at radius 1 is 1.11 bits per heavy atom. The van der Waals surface area contributed by atoms with E-state index in [2.05, 4.69) is 22.0 Å². The van der Waals surface area contributed by atoms with Crippen molar-refractivity contribution < 1.29 is 13.5 Å². The van der Waals surface area contributed by atoms with Gasteiger partial charge in [-0.25, -0.2) is 8.78 Å². The van der Waals surface area contributed by atoms with E-state index in [1.807, 2.05) is 36.1 Å². The van der Waals surface area contributed by atoms with E-state index in [1.54, 1.807) is 24.3 Å². The van der Waals surface area contributed by atoms with Crippen molar-refractivity contribution in [2.24, 2.45) is 5.41 Å². The SMILES string of the molecule is Cc1nnc2nc(N3CCOCc4c(C#CC5(C(C)(C)F)CC5)cccc43)c3c(F)cccc3n12. The molecule has 8 heteroatoms. The lowest BCUT2D eigenvalue weighted by atomic mass is 9.89. The van der Waals surface area contributed by atoms with Gasteiger partial charge in [-0.15, -0.1) is 10.2 Å². The van der Waals surface area contributed by atoms with Crippen LogP contribution in [-0.2, 0) is 11.3 Å². The second-order valence-corrected chi connectivity index (χ2v) is 9.76. The van der Waals surface area contributed by atoms with E-state index < -0.39 is 11.1 Å². The number of aromatic nitrogens is 4. The van der Waals surface area contributed by atoms with Gasteiger partial charge in [-0.05, 0) is 57.9 Å². The van der Waals surface area contributed by atoms with Crippen molar-refractivity contribution >= 4 is 28.2 Å². The number of rotatable bonds is 2. The van der Waals surface area contributed by atoms with E-state index in [4.69, 9.17) is 9.72 Å². The smallest absolute Gasteiger partial charge is 0.257 e. The zero-order valence-corrected chi connectivity index (χ0v) is 19.9. The van der Waals surface area contributed by atoms with E-state index in [0.29, 0.717) is 48.1 Å². The number of halogens is 2. The molecular weight excluding hydrogens is 448 g/mol. The first-order valence-corrected chi connectivity index (χ1v) is 11.8. The van der Waals surface area contributed by atoms with Crippen LogP contribution in [0.15, 0.2) is 36.4 Å². The van der Waals surface area contributed by atoms with Crippen LogP contribution < -0.4 is 4.90 Å². The van der Waals surface area contributed by atoms with Crippen LogP contribution >= 0.6 is 0 Å².